The molecule has 2 aromatic heterocycles. The molecule has 0 spiro atoms. The molecule has 0 saturated carbocycles. The van der Waals surface area contributed by atoms with E-state index in [0.29, 0.717) is 17.9 Å². The van der Waals surface area contributed by atoms with Gasteiger partial charge in [0.2, 0.25) is 0 Å². The summed E-state index contributed by atoms with van der Waals surface area (Å²) in [6.45, 7) is 4.09. The van der Waals surface area contributed by atoms with Crippen LogP contribution in [0.5, 0.6) is 5.75 Å². The van der Waals surface area contributed by atoms with Crippen LogP contribution in [-0.2, 0) is 16.6 Å². The zero-order valence-corrected chi connectivity index (χ0v) is 16.7. The Bertz CT molecular complexity index is 1050. The maximum Gasteiger partial charge on any atom is 0.263 e. The second kappa shape index (κ2) is 8.26. The molecule has 0 amide bonds. The molecular weight excluding hydrogens is 376 g/mol. The summed E-state index contributed by atoms with van der Waals surface area (Å²) < 4.78 is 33.3. The largest absolute Gasteiger partial charge is 0.496 e. The van der Waals surface area contributed by atoms with Crippen molar-refractivity contribution in [2.45, 2.75) is 25.3 Å². The van der Waals surface area contributed by atoms with E-state index in [-0.39, 0.29) is 10.7 Å². The highest BCUT2D eigenvalue weighted by molar-refractivity contribution is 7.92. The number of benzene rings is 1. The van der Waals surface area contributed by atoms with E-state index in [1.54, 1.807) is 57.6 Å². The van der Waals surface area contributed by atoms with Crippen molar-refractivity contribution in [1.82, 2.24) is 9.97 Å². The molecule has 0 aliphatic rings. The molecule has 0 aliphatic heterocycles. The minimum atomic E-state index is -3.76. The smallest absolute Gasteiger partial charge is 0.263 e. The van der Waals surface area contributed by atoms with Crippen LogP contribution in [0.15, 0.2) is 59.8 Å². The van der Waals surface area contributed by atoms with Crippen LogP contribution in [0.25, 0.3) is 0 Å². The van der Waals surface area contributed by atoms with Crippen LogP contribution in [0.3, 0.4) is 0 Å². The summed E-state index contributed by atoms with van der Waals surface area (Å²) in [5, 5.41) is 3.20. The molecule has 1 aromatic carbocycles. The highest BCUT2D eigenvalue weighted by Gasteiger charge is 2.19. The third-order valence-corrected chi connectivity index (χ3v) is 5.68. The Labute approximate surface area is 164 Å². The number of aromatic nitrogens is 2. The molecule has 2 N–H and O–H groups in total. The van der Waals surface area contributed by atoms with Gasteiger partial charge in [-0.1, -0.05) is 6.07 Å². The monoisotopic (exact) mass is 398 g/mol. The van der Waals surface area contributed by atoms with Gasteiger partial charge in [0.05, 0.1) is 36.1 Å². The van der Waals surface area contributed by atoms with Gasteiger partial charge in [0, 0.05) is 6.20 Å². The quantitative estimate of drug-likeness (QED) is 0.633. The number of hydrogen-bond donors (Lipinski definition) is 2. The lowest BCUT2D eigenvalue weighted by molar-refractivity contribution is 0.411. The first-order valence-electron chi connectivity index (χ1n) is 8.67. The van der Waals surface area contributed by atoms with E-state index in [4.69, 9.17) is 4.74 Å². The van der Waals surface area contributed by atoms with Gasteiger partial charge in [-0.05, 0) is 61.4 Å². The average Bonchev–Trinajstić information content (AvgIpc) is 2.69. The second-order valence-electron chi connectivity index (χ2n) is 6.30. The first-order valence-corrected chi connectivity index (χ1v) is 10.2. The van der Waals surface area contributed by atoms with E-state index in [0.717, 1.165) is 16.9 Å². The van der Waals surface area contributed by atoms with Crippen LogP contribution in [0.2, 0.25) is 0 Å². The van der Waals surface area contributed by atoms with Gasteiger partial charge in [-0.3, -0.25) is 9.71 Å². The van der Waals surface area contributed by atoms with Crippen molar-refractivity contribution >= 4 is 21.5 Å². The standard InChI is InChI=1S/C20H22N4O3S/c1-14-11-19(15(2)10-18(14)27-3)28(25,26)24-20-8-7-17(13-23-20)22-12-16-6-4-5-9-21-16/h4-11,13,22H,12H2,1-3H3,(H,23,24). The van der Waals surface area contributed by atoms with E-state index in [2.05, 4.69) is 20.0 Å². The Kier molecular flexibility index (Phi) is 5.79. The van der Waals surface area contributed by atoms with Crippen molar-refractivity contribution in [1.29, 1.82) is 0 Å². The van der Waals surface area contributed by atoms with Crippen LogP contribution in [0.1, 0.15) is 16.8 Å². The van der Waals surface area contributed by atoms with Gasteiger partial charge < -0.3 is 10.1 Å². The van der Waals surface area contributed by atoms with Crippen molar-refractivity contribution in [2.75, 3.05) is 17.1 Å². The van der Waals surface area contributed by atoms with Gasteiger partial charge in [-0.15, -0.1) is 0 Å². The topological polar surface area (TPSA) is 93.2 Å². The summed E-state index contributed by atoms with van der Waals surface area (Å²) in [5.74, 6) is 0.897. The zero-order chi connectivity index (χ0) is 20.1. The molecule has 0 fully saturated rings. The minimum absolute atomic E-state index is 0.199. The minimum Gasteiger partial charge on any atom is -0.496 e. The van der Waals surface area contributed by atoms with Gasteiger partial charge in [0.25, 0.3) is 10.0 Å². The summed E-state index contributed by atoms with van der Waals surface area (Å²) in [6.07, 6.45) is 3.31. The molecule has 3 aromatic rings. The predicted molar refractivity (Wildman–Crippen MR) is 109 cm³/mol. The molecule has 28 heavy (non-hydrogen) atoms. The molecule has 0 saturated heterocycles. The summed E-state index contributed by atoms with van der Waals surface area (Å²) in [7, 11) is -2.20. The Morgan fingerprint density at radius 1 is 1.04 bits per heavy atom. The molecule has 2 heterocycles. The number of anilines is 2. The van der Waals surface area contributed by atoms with Crippen LogP contribution in [0, 0.1) is 13.8 Å². The number of sulfonamides is 1. The summed E-state index contributed by atoms with van der Waals surface area (Å²) in [4.78, 5) is 8.63. The SMILES string of the molecule is COc1cc(C)c(S(=O)(=O)Nc2ccc(NCc3ccccn3)cn2)cc1C. The lowest BCUT2D eigenvalue weighted by Crippen LogP contribution is -2.15. The van der Waals surface area contributed by atoms with Crippen LogP contribution >= 0.6 is 0 Å². The average molecular weight is 398 g/mol. The molecule has 8 heteroatoms. The number of nitrogens with zero attached hydrogens (tertiary/aromatic N) is 2. The van der Waals surface area contributed by atoms with Crippen LogP contribution in [-0.4, -0.2) is 25.5 Å². The molecule has 146 valence electrons. The summed E-state index contributed by atoms with van der Waals surface area (Å²) in [5.41, 5.74) is 3.02. The summed E-state index contributed by atoms with van der Waals surface area (Å²) >= 11 is 0. The van der Waals surface area contributed by atoms with E-state index >= 15 is 0 Å². The lowest BCUT2D eigenvalue weighted by Gasteiger charge is -2.13. The highest BCUT2D eigenvalue weighted by atomic mass is 32.2. The zero-order valence-electron chi connectivity index (χ0n) is 15.9. The number of rotatable bonds is 7. The van der Waals surface area contributed by atoms with Crippen molar-refractivity contribution in [3.8, 4) is 5.75 Å². The van der Waals surface area contributed by atoms with Crippen molar-refractivity contribution in [3.05, 3.63) is 71.7 Å². The third kappa shape index (κ3) is 4.58. The van der Waals surface area contributed by atoms with Gasteiger partial charge in [-0.25, -0.2) is 13.4 Å². The Balaban J connectivity index is 1.72. The van der Waals surface area contributed by atoms with Crippen molar-refractivity contribution in [3.63, 3.8) is 0 Å². The van der Waals surface area contributed by atoms with Crippen LogP contribution < -0.4 is 14.8 Å². The summed E-state index contributed by atoms with van der Waals surface area (Å²) in [6, 6.07) is 12.4. The van der Waals surface area contributed by atoms with Gasteiger partial charge in [0.1, 0.15) is 11.6 Å². The molecule has 0 radical (unpaired) electrons. The predicted octanol–water partition coefficient (Wildman–Crippen LogP) is 3.51. The number of ether oxygens (including phenoxy) is 1. The molecule has 7 nitrogen and oxygen atoms in total. The van der Waals surface area contributed by atoms with Gasteiger partial charge >= 0.3 is 0 Å². The molecule has 0 aliphatic carbocycles. The third-order valence-electron chi connectivity index (χ3n) is 4.18. The fourth-order valence-electron chi connectivity index (χ4n) is 2.72. The van der Waals surface area contributed by atoms with Crippen molar-refractivity contribution < 1.29 is 13.2 Å². The maximum absolute atomic E-state index is 12.8. The molecule has 0 bridgehead atoms. The van der Waals surface area contributed by atoms with E-state index < -0.39 is 10.0 Å². The molecular formula is C20H22N4O3S. The number of pyridine rings is 2. The first kappa shape index (κ1) is 19.6. The Hall–Kier alpha value is -3.13. The van der Waals surface area contributed by atoms with Crippen LogP contribution in [0.4, 0.5) is 11.5 Å². The maximum atomic E-state index is 12.8. The number of nitrogens with one attached hydrogen (secondary N) is 2. The Morgan fingerprint density at radius 3 is 2.50 bits per heavy atom. The first-order chi connectivity index (χ1) is 13.4. The number of methoxy groups -OCH3 is 1. The highest BCUT2D eigenvalue weighted by Crippen LogP contribution is 2.26. The van der Waals surface area contributed by atoms with E-state index in [9.17, 15) is 8.42 Å². The number of aryl methyl sites for hydroxylation is 2. The van der Waals surface area contributed by atoms with Gasteiger partial charge in [-0.2, -0.15) is 0 Å². The van der Waals surface area contributed by atoms with E-state index in [1.807, 2.05) is 18.2 Å². The normalized spacial score (nSPS) is 11.1. The second-order valence-corrected chi connectivity index (χ2v) is 7.95. The van der Waals surface area contributed by atoms with Crippen molar-refractivity contribution in [2.24, 2.45) is 0 Å². The molecule has 3 rings (SSSR count). The fourth-order valence-corrected chi connectivity index (χ4v) is 4.04. The van der Waals surface area contributed by atoms with E-state index in [1.165, 1.54) is 0 Å². The molecule has 0 atom stereocenters. The Morgan fingerprint density at radius 2 is 1.86 bits per heavy atom. The van der Waals surface area contributed by atoms with Gasteiger partial charge in [0.15, 0.2) is 0 Å². The molecule has 0 unspecified atom stereocenters. The lowest BCUT2D eigenvalue weighted by atomic mass is 10.1. The fraction of sp³-hybridized carbons (Fsp3) is 0.200. The number of hydrogen-bond acceptors (Lipinski definition) is 6.